The van der Waals surface area contributed by atoms with E-state index < -0.39 is 30.3 Å². The average molecular weight is 176 g/mol. The summed E-state index contributed by atoms with van der Waals surface area (Å²) < 4.78 is 4.79. The number of rotatable bonds is 2. The first-order valence-corrected chi connectivity index (χ1v) is 3.92. The molecule has 1 fully saturated rings. The highest BCUT2D eigenvalue weighted by Crippen LogP contribution is 2.17. The number of carbonyl (C=O) groups excluding carboxylic acids is 1. The molecule has 0 aromatic heterocycles. The van der Waals surface area contributed by atoms with Crippen molar-refractivity contribution >= 4 is 5.97 Å². The zero-order valence-electron chi connectivity index (χ0n) is 6.93. The van der Waals surface area contributed by atoms with Gasteiger partial charge in [-0.25, -0.2) is 4.79 Å². The van der Waals surface area contributed by atoms with Gasteiger partial charge in [0.2, 0.25) is 0 Å². The van der Waals surface area contributed by atoms with Crippen LogP contribution in [0.4, 0.5) is 0 Å². The third kappa shape index (κ3) is 1.74. The van der Waals surface area contributed by atoms with Crippen LogP contribution in [0.3, 0.4) is 0 Å². The highest BCUT2D eigenvalue weighted by Gasteiger charge is 2.40. The molecule has 5 heteroatoms. The predicted molar refractivity (Wildman–Crippen MR) is 38.9 cm³/mol. The van der Waals surface area contributed by atoms with Crippen molar-refractivity contribution in [3.8, 4) is 0 Å². The molecule has 4 atom stereocenters. The third-order valence-electron chi connectivity index (χ3n) is 1.99. The van der Waals surface area contributed by atoms with Gasteiger partial charge in [0, 0.05) is 0 Å². The van der Waals surface area contributed by atoms with Gasteiger partial charge in [-0.1, -0.05) is 0 Å². The van der Waals surface area contributed by atoms with E-state index in [1.807, 2.05) is 0 Å². The van der Waals surface area contributed by atoms with Crippen LogP contribution in [0.25, 0.3) is 0 Å². The molecule has 70 valence electrons. The Morgan fingerprint density at radius 2 is 2.25 bits per heavy atom. The Balaban J connectivity index is 2.51. The maximum atomic E-state index is 10.8. The summed E-state index contributed by atoms with van der Waals surface area (Å²) in [6.07, 6.45) is -2.10. The van der Waals surface area contributed by atoms with E-state index >= 15 is 0 Å². The van der Waals surface area contributed by atoms with Gasteiger partial charge >= 0.3 is 5.97 Å². The van der Waals surface area contributed by atoms with Gasteiger partial charge in [-0.15, -0.1) is 0 Å². The first kappa shape index (κ1) is 9.44. The highest BCUT2D eigenvalue weighted by atomic mass is 16.6. The molecule has 0 aromatic rings. The summed E-state index contributed by atoms with van der Waals surface area (Å²) in [6, 6.07) is -0.414. The minimum Gasteiger partial charge on any atom is -0.455 e. The summed E-state index contributed by atoms with van der Waals surface area (Å²) in [7, 11) is 0. The fourth-order valence-corrected chi connectivity index (χ4v) is 1.19. The number of carbonyl (C=O) groups is 1. The molecule has 0 aromatic carbocycles. The van der Waals surface area contributed by atoms with Gasteiger partial charge in [0.25, 0.3) is 0 Å². The van der Waals surface area contributed by atoms with Gasteiger partial charge in [0.1, 0.15) is 12.2 Å². The van der Waals surface area contributed by atoms with Crippen molar-refractivity contribution in [2.45, 2.75) is 37.7 Å². The van der Waals surface area contributed by atoms with Gasteiger partial charge in [0.15, 0.2) is 6.04 Å². The molecule has 1 rings (SSSR count). The number of quaternary nitrogens is 1. The molecule has 0 saturated carbocycles. The van der Waals surface area contributed by atoms with Crippen LogP contribution in [0.2, 0.25) is 0 Å². The maximum absolute atomic E-state index is 10.8. The second kappa shape index (κ2) is 3.38. The first-order chi connectivity index (χ1) is 5.52. The third-order valence-corrected chi connectivity index (χ3v) is 1.99. The minimum atomic E-state index is -0.999. The number of cyclic esters (lactones) is 1. The molecule has 1 heterocycles. The normalized spacial score (nSPS) is 34.5. The van der Waals surface area contributed by atoms with Crippen molar-refractivity contribution in [3.63, 3.8) is 0 Å². The fourth-order valence-electron chi connectivity index (χ4n) is 1.19. The Bertz CT molecular complexity index is 182. The van der Waals surface area contributed by atoms with Crippen LogP contribution in [0.15, 0.2) is 0 Å². The highest BCUT2D eigenvalue weighted by molar-refractivity contribution is 5.76. The van der Waals surface area contributed by atoms with Gasteiger partial charge in [-0.05, 0) is 6.92 Å². The lowest BCUT2D eigenvalue weighted by molar-refractivity contribution is -0.402. The van der Waals surface area contributed by atoms with E-state index in [1.54, 1.807) is 0 Å². The number of hydrogen-bond donors (Lipinski definition) is 3. The van der Waals surface area contributed by atoms with Crippen LogP contribution in [-0.4, -0.2) is 40.5 Å². The lowest BCUT2D eigenvalue weighted by Crippen LogP contribution is -2.63. The van der Waals surface area contributed by atoms with E-state index in [0.29, 0.717) is 6.42 Å². The molecule has 12 heavy (non-hydrogen) atoms. The van der Waals surface area contributed by atoms with Crippen LogP contribution in [0, 0.1) is 0 Å². The molecule has 0 bridgehead atoms. The molecule has 5 nitrogen and oxygen atoms in total. The number of aliphatic hydroxyl groups is 2. The molecule has 5 N–H and O–H groups in total. The largest absolute Gasteiger partial charge is 0.455 e. The van der Waals surface area contributed by atoms with E-state index in [4.69, 9.17) is 9.84 Å². The molecule has 0 radical (unpaired) electrons. The van der Waals surface area contributed by atoms with Crippen molar-refractivity contribution in [1.29, 1.82) is 0 Å². The van der Waals surface area contributed by atoms with Crippen molar-refractivity contribution in [1.82, 2.24) is 0 Å². The maximum Gasteiger partial charge on any atom is 0.365 e. The first-order valence-electron chi connectivity index (χ1n) is 3.92. The van der Waals surface area contributed by atoms with Crippen LogP contribution in [-0.2, 0) is 9.53 Å². The fraction of sp³-hybridized carbons (Fsp3) is 0.857. The van der Waals surface area contributed by atoms with Crippen molar-refractivity contribution < 1.29 is 25.5 Å². The molecule has 1 saturated heterocycles. The molecule has 0 amide bonds. The average Bonchev–Trinajstić information content (AvgIpc) is 2.30. The summed E-state index contributed by atoms with van der Waals surface area (Å²) >= 11 is 0. The van der Waals surface area contributed by atoms with Gasteiger partial charge in [-0.3, -0.25) is 0 Å². The summed E-state index contributed by atoms with van der Waals surface area (Å²) in [5.74, 6) is -0.403. The SMILES string of the molecule is C[C@@H](O)[C@@H](O)[C@H]1C[C@@H]([NH3+])C(=O)O1. The number of aliphatic hydroxyl groups excluding tert-OH is 2. The van der Waals surface area contributed by atoms with E-state index in [9.17, 15) is 9.90 Å². The quantitative estimate of drug-likeness (QED) is 0.411. The van der Waals surface area contributed by atoms with Crippen molar-refractivity contribution in [2.24, 2.45) is 0 Å². The monoisotopic (exact) mass is 176 g/mol. The van der Waals surface area contributed by atoms with E-state index in [2.05, 4.69) is 5.73 Å². The molecule has 1 aliphatic heterocycles. The molecule has 0 spiro atoms. The Hall–Kier alpha value is -0.650. The standard InChI is InChI=1S/C7H13NO4/c1-3(9)6(10)5-2-4(8)7(11)12-5/h3-6,9-10H,2,8H2,1H3/p+1/t3-,4-,5-,6-/m1/s1. The Labute approximate surface area is 70.1 Å². The lowest BCUT2D eigenvalue weighted by Gasteiger charge is -2.18. The summed E-state index contributed by atoms with van der Waals surface area (Å²) in [6.45, 7) is 1.45. The van der Waals surface area contributed by atoms with Gasteiger partial charge < -0.3 is 20.7 Å². The smallest absolute Gasteiger partial charge is 0.365 e. The Kier molecular flexibility index (Phi) is 2.66. The number of hydrogen-bond acceptors (Lipinski definition) is 4. The second-order valence-electron chi connectivity index (χ2n) is 3.14. The van der Waals surface area contributed by atoms with Crippen molar-refractivity contribution in [2.75, 3.05) is 0 Å². The molecular weight excluding hydrogens is 162 g/mol. The van der Waals surface area contributed by atoms with E-state index in [1.165, 1.54) is 6.92 Å². The Morgan fingerprint density at radius 1 is 1.67 bits per heavy atom. The van der Waals surface area contributed by atoms with E-state index in [0.717, 1.165) is 0 Å². The van der Waals surface area contributed by atoms with Crippen LogP contribution >= 0.6 is 0 Å². The van der Waals surface area contributed by atoms with Gasteiger partial charge in [0.05, 0.1) is 12.5 Å². The number of esters is 1. The lowest BCUT2D eigenvalue weighted by atomic mass is 10.1. The zero-order chi connectivity index (χ0) is 9.30. The van der Waals surface area contributed by atoms with Crippen molar-refractivity contribution in [3.05, 3.63) is 0 Å². The minimum absolute atomic E-state index is 0.380. The molecular formula is C7H14NO4+. The number of ether oxygens (including phenoxy) is 1. The molecule has 1 aliphatic rings. The van der Waals surface area contributed by atoms with Crippen LogP contribution in [0.1, 0.15) is 13.3 Å². The Morgan fingerprint density at radius 3 is 2.58 bits per heavy atom. The second-order valence-corrected chi connectivity index (χ2v) is 3.14. The van der Waals surface area contributed by atoms with Crippen LogP contribution < -0.4 is 5.73 Å². The predicted octanol–water partition coefficient (Wildman–Crippen LogP) is -2.35. The summed E-state index contributed by atoms with van der Waals surface area (Å²) in [5.41, 5.74) is 3.54. The van der Waals surface area contributed by atoms with Crippen LogP contribution in [0.5, 0.6) is 0 Å². The summed E-state index contributed by atoms with van der Waals surface area (Å²) in [5, 5.41) is 18.3. The summed E-state index contributed by atoms with van der Waals surface area (Å²) in [4.78, 5) is 10.8. The van der Waals surface area contributed by atoms with Gasteiger partial charge in [-0.2, -0.15) is 0 Å². The zero-order valence-corrected chi connectivity index (χ0v) is 6.93. The van der Waals surface area contributed by atoms with E-state index in [-0.39, 0.29) is 0 Å². The topological polar surface area (TPSA) is 94.4 Å². The molecule has 0 aliphatic carbocycles. The molecule has 0 unspecified atom stereocenters.